The van der Waals surface area contributed by atoms with Gasteiger partial charge in [-0.2, -0.15) is 0 Å². The lowest BCUT2D eigenvalue weighted by atomic mass is 9.67. The third kappa shape index (κ3) is 5.52. The number of hydrogen-bond donors (Lipinski definition) is 0. The van der Waals surface area contributed by atoms with Gasteiger partial charge in [0.25, 0.3) is 0 Å². The van der Waals surface area contributed by atoms with Crippen molar-refractivity contribution in [3.05, 3.63) is 259 Å². The molecule has 0 N–H and O–H groups in total. The van der Waals surface area contributed by atoms with E-state index < -0.39 is 5.41 Å². The zero-order valence-electron chi connectivity index (χ0n) is 33.9. The van der Waals surface area contributed by atoms with Crippen molar-refractivity contribution in [2.75, 3.05) is 0 Å². The van der Waals surface area contributed by atoms with Gasteiger partial charge >= 0.3 is 0 Å². The van der Waals surface area contributed by atoms with Crippen molar-refractivity contribution in [1.29, 1.82) is 0 Å². The molecule has 0 spiro atoms. The smallest absolute Gasteiger partial charge is 0.160 e. The minimum absolute atomic E-state index is 0.560. The molecule has 0 unspecified atom stereocenters. The quantitative estimate of drug-likeness (QED) is 0.161. The Morgan fingerprint density at radius 2 is 0.871 bits per heavy atom. The van der Waals surface area contributed by atoms with Crippen LogP contribution in [0, 0.1) is 0 Å². The van der Waals surface area contributed by atoms with Crippen molar-refractivity contribution < 1.29 is 0 Å². The Labute approximate surface area is 360 Å². The van der Waals surface area contributed by atoms with Gasteiger partial charge in [-0.15, -0.1) is 0 Å². The van der Waals surface area contributed by atoms with Gasteiger partial charge in [0, 0.05) is 38.7 Å². The summed E-state index contributed by atoms with van der Waals surface area (Å²) in [5.41, 5.74) is 17.7. The van der Waals surface area contributed by atoms with Crippen molar-refractivity contribution >= 4 is 21.8 Å². The van der Waals surface area contributed by atoms with Gasteiger partial charge < -0.3 is 4.57 Å². The summed E-state index contributed by atoms with van der Waals surface area (Å²) in [7, 11) is 0. The Hall–Kier alpha value is -8.14. The lowest BCUT2D eigenvalue weighted by Gasteiger charge is -2.34. The van der Waals surface area contributed by atoms with E-state index >= 15 is 0 Å². The van der Waals surface area contributed by atoms with Gasteiger partial charge in [-0.3, -0.25) is 0 Å². The van der Waals surface area contributed by atoms with E-state index in [4.69, 9.17) is 9.97 Å². The lowest BCUT2D eigenvalue weighted by molar-refractivity contribution is 0.769. The van der Waals surface area contributed by atoms with Gasteiger partial charge in [0.05, 0.1) is 27.8 Å². The second-order valence-electron chi connectivity index (χ2n) is 16.1. The molecular weight excluding hydrogens is 751 g/mol. The van der Waals surface area contributed by atoms with E-state index in [1.54, 1.807) is 0 Å². The van der Waals surface area contributed by atoms with E-state index in [2.05, 4.69) is 217 Å². The van der Waals surface area contributed by atoms with Gasteiger partial charge in [-0.25, -0.2) is 9.97 Å². The van der Waals surface area contributed by atoms with E-state index in [-0.39, 0.29) is 0 Å². The highest BCUT2D eigenvalue weighted by molar-refractivity contribution is 6.22. The molecule has 0 bridgehead atoms. The Morgan fingerprint density at radius 1 is 0.371 bits per heavy atom. The van der Waals surface area contributed by atoms with Crippen molar-refractivity contribution in [3.8, 4) is 61.8 Å². The first-order valence-electron chi connectivity index (χ1n) is 21.2. The molecule has 3 heteroatoms. The molecule has 1 aliphatic rings. The number of para-hydroxylation sites is 2. The molecule has 0 saturated heterocycles. The predicted molar refractivity (Wildman–Crippen MR) is 255 cm³/mol. The van der Waals surface area contributed by atoms with Crippen molar-refractivity contribution in [1.82, 2.24) is 14.5 Å². The Morgan fingerprint density at radius 3 is 1.52 bits per heavy atom. The van der Waals surface area contributed by atoms with Crippen LogP contribution >= 0.6 is 0 Å². The Kier molecular flexibility index (Phi) is 8.39. The largest absolute Gasteiger partial charge is 0.309 e. The summed E-state index contributed by atoms with van der Waals surface area (Å²) in [5, 5.41) is 2.49. The van der Waals surface area contributed by atoms with Crippen LogP contribution < -0.4 is 0 Å². The van der Waals surface area contributed by atoms with Crippen LogP contribution in [0.4, 0.5) is 0 Å². The van der Waals surface area contributed by atoms with E-state index in [1.807, 2.05) is 24.3 Å². The van der Waals surface area contributed by atoms with E-state index in [9.17, 15) is 0 Å². The standard InChI is InChI=1S/C59H39N3/c1-6-20-41(21-7-1)52-39-53(61-58(60-52)43-22-8-2-9-23-43)42-36-34-40(35-37-42)49-38-51-55(56-48-31-17-19-33-54(48)62(57(49)56)46-28-14-5-15-29-46)47-30-16-18-32-50(47)59(51,44-24-10-3-11-25-44)45-26-12-4-13-27-45/h1-39H. The lowest BCUT2D eigenvalue weighted by Crippen LogP contribution is -2.28. The summed E-state index contributed by atoms with van der Waals surface area (Å²) in [4.78, 5) is 10.2. The third-order valence-corrected chi connectivity index (χ3v) is 12.7. The average molecular weight is 790 g/mol. The summed E-state index contributed by atoms with van der Waals surface area (Å²) >= 11 is 0. The fourth-order valence-corrected chi connectivity index (χ4v) is 10.0. The van der Waals surface area contributed by atoms with E-state index in [1.165, 1.54) is 60.8 Å². The van der Waals surface area contributed by atoms with Gasteiger partial charge in [-0.05, 0) is 69.3 Å². The summed E-state index contributed by atoms with van der Waals surface area (Å²) in [6, 6.07) is 85.3. The molecule has 11 aromatic rings. The molecular formula is C59H39N3. The Bertz CT molecular complexity index is 3320. The van der Waals surface area contributed by atoms with Gasteiger partial charge in [0.15, 0.2) is 5.82 Å². The number of hydrogen-bond acceptors (Lipinski definition) is 2. The van der Waals surface area contributed by atoms with Crippen molar-refractivity contribution in [2.45, 2.75) is 5.41 Å². The van der Waals surface area contributed by atoms with Crippen molar-refractivity contribution in [3.63, 3.8) is 0 Å². The molecule has 0 radical (unpaired) electrons. The van der Waals surface area contributed by atoms with Crippen LogP contribution in [0.3, 0.4) is 0 Å². The number of rotatable bonds is 7. The van der Waals surface area contributed by atoms with Crippen LogP contribution in [0.15, 0.2) is 237 Å². The maximum absolute atomic E-state index is 5.18. The molecule has 1 aliphatic carbocycles. The topological polar surface area (TPSA) is 30.7 Å². The summed E-state index contributed by atoms with van der Waals surface area (Å²) in [5.74, 6) is 0.705. The number of aromatic nitrogens is 3. The maximum Gasteiger partial charge on any atom is 0.160 e. The second-order valence-corrected chi connectivity index (χ2v) is 16.1. The average Bonchev–Trinajstić information content (AvgIpc) is 3.86. The predicted octanol–water partition coefficient (Wildman–Crippen LogP) is 14.6. The maximum atomic E-state index is 5.18. The number of nitrogens with zero attached hydrogens (tertiary/aromatic N) is 3. The first-order chi connectivity index (χ1) is 30.8. The van der Waals surface area contributed by atoms with Gasteiger partial charge in [0.2, 0.25) is 0 Å². The van der Waals surface area contributed by atoms with Gasteiger partial charge in [0.1, 0.15) is 0 Å². The van der Waals surface area contributed by atoms with E-state index in [0.29, 0.717) is 5.82 Å². The third-order valence-electron chi connectivity index (χ3n) is 12.7. The normalized spacial score (nSPS) is 12.6. The molecule has 62 heavy (non-hydrogen) atoms. The van der Waals surface area contributed by atoms with Crippen LogP contribution in [0.25, 0.3) is 83.6 Å². The van der Waals surface area contributed by atoms with Crippen LogP contribution in [-0.2, 0) is 5.41 Å². The molecule has 0 saturated carbocycles. The molecule has 0 amide bonds. The monoisotopic (exact) mass is 789 g/mol. The molecule has 9 aromatic carbocycles. The van der Waals surface area contributed by atoms with Crippen LogP contribution in [0.2, 0.25) is 0 Å². The molecule has 0 atom stereocenters. The molecule has 290 valence electrons. The molecule has 0 fully saturated rings. The van der Waals surface area contributed by atoms with Crippen LogP contribution in [-0.4, -0.2) is 14.5 Å². The molecule has 12 rings (SSSR count). The number of fused-ring (bicyclic) bond motifs is 7. The number of benzene rings is 9. The highest BCUT2D eigenvalue weighted by Crippen LogP contribution is 2.60. The first kappa shape index (κ1) is 35.8. The fourth-order valence-electron chi connectivity index (χ4n) is 10.0. The van der Waals surface area contributed by atoms with E-state index in [0.717, 1.165) is 39.3 Å². The summed E-state index contributed by atoms with van der Waals surface area (Å²) in [6.07, 6.45) is 0. The second kappa shape index (κ2) is 14.5. The highest BCUT2D eigenvalue weighted by Gasteiger charge is 2.47. The minimum Gasteiger partial charge on any atom is -0.309 e. The minimum atomic E-state index is -0.560. The summed E-state index contributed by atoms with van der Waals surface area (Å²) in [6.45, 7) is 0. The zero-order chi connectivity index (χ0) is 41.0. The summed E-state index contributed by atoms with van der Waals surface area (Å²) < 4.78 is 2.48. The van der Waals surface area contributed by atoms with Crippen LogP contribution in [0.5, 0.6) is 0 Å². The molecule has 2 heterocycles. The SMILES string of the molecule is c1ccc(-c2cc(-c3ccc(-c4cc5c(c6c7ccccc7n(-c7ccccc7)c46)-c4ccccc4C5(c4ccccc4)c4ccccc4)cc3)nc(-c3ccccc3)n2)cc1. The molecule has 0 aliphatic heterocycles. The van der Waals surface area contributed by atoms with Crippen LogP contribution in [0.1, 0.15) is 22.3 Å². The van der Waals surface area contributed by atoms with Crippen molar-refractivity contribution in [2.24, 2.45) is 0 Å². The zero-order valence-corrected chi connectivity index (χ0v) is 33.9. The highest BCUT2D eigenvalue weighted by atomic mass is 15.0. The first-order valence-corrected chi connectivity index (χ1v) is 21.2. The van der Waals surface area contributed by atoms with Gasteiger partial charge in [-0.1, -0.05) is 206 Å². The fraction of sp³-hybridized carbons (Fsp3) is 0.0169. The molecule has 2 aromatic heterocycles. The molecule has 3 nitrogen and oxygen atoms in total. The Balaban J connectivity index is 1.16.